The maximum Gasteiger partial charge on any atom is 0.0385 e. The Labute approximate surface area is 122 Å². The van der Waals surface area contributed by atoms with E-state index >= 15 is 0 Å². The molecule has 2 saturated heterocycles. The van der Waals surface area contributed by atoms with Crippen molar-refractivity contribution in [2.75, 3.05) is 6.54 Å². The highest BCUT2D eigenvalue weighted by molar-refractivity contribution is 5.42. The van der Waals surface area contributed by atoms with E-state index in [4.69, 9.17) is 0 Å². The van der Waals surface area contributed by atoms with Gasteiger partial charge < -0.3 is 0 Å². The van der Waals surface area contributed by atoms with Gasteiger partial charge in [0.05, 0.1) is 0 Å². The summed E-state index contributed by atoms with van der Waals surface area (Å²) in [6.45, 7) is 1.36. The van der Waals surface area contributed by atoms with Crippen LogP contribution < -0.4 is 0 Å². The first-order valence-corrected chi connectivity index (χ1v) is 8.80. The molecule has 3 heterocycles. The summed E-state index contributed by atoms with van der Waals surface area (Å²) in [7, 11) is 0. The SMILES string of the molecule is c1ccc2c(c1)[C@H]1[C@@H]3CCCC[C@@H]3[C@@H]2N2CCCC[C@@H]12. The Balaban J connectivity index is 1.69. The van der Waals surface area contributed by atoms with Crippen LogP contribution >= 0.6 is 0 Å². The molecule has 0 N–H and O–H groups in total. The van der Waals surface area contributed by atoms with E-state index in [9.17, 15) is 0 Å². The van der Waals surface area contributed by atoms with Gasteiger partial charge >= 0.3 is 0 Å². The van der Waals surface area contributed by atoms with Crippen LogP contribution in [0, 0.1) is 11.8 Å². The fraction of sp³-hybridized carbons (Fsp3) is 0.684. The molecule has 5 aliphatic rings. The van der Waals surface area contributed by atoms with E-state index in [-0.39, 0.29) is 0 Å². The minimum Gasteiger partial charge on any atom is -0.292 e. The maximum absolute atomic E-state index is 2.93. The van der Waals surface area contributed by atoms with Crippen molar-refractivity contribution < 1.29 is 0 Å². The Morgan fingerprint density at radius 3 is 2.45 bits per heavy atom. The van der Waals surface area contributed by atoms with Crippen LogP contribution in [0.4, 0.5) is 0 Å². The van der Waals surface area contributed by atoms with Gasteiger partial charge in [-0.15, -0.1) is 0 Å². The first-order valence-electron chi connectivity index (χ1n) is 8.80. The highest BCUT2D eigenvalue weighted by atomic mass is 15.2. The van der Waals surface area contributed by atoms with Crippen molar-refractivity contribution in [2.24, 2.45) is 11.8 Å². The maximum atomic E-state index is 2.93. The van der Waals surface area contributed by atoms with Crippen LogP contribution in [0.1, 0.15) is 68.0 Å². The minimum atomic E-state index is 0.770. The van der Waals surface area contributed by atoms with Crippen molar-refractivity contribution in [1.82, 2.24) is 4.90 Å². The van der Waals surface area contributed by atoms with Crippen LogP contribution in [0.25, 0.3) is 0 Å². The van der Waals surface area contributed by atoms with E-state index in [2.05, 4.69) is 29.2 Å². The molecule has 5 atom stereocenters. The fourth-order valence-electron chi connectivity index (χ4n) is 6.20. The lowest BCUT2D eigenvalue weighted by Crippen LogP contribution is -2.59. The van der Waals surface area contributed by atoms with E-state index in [1.165, 1.54) is 51.5 Å². The molecular formula is C19H25N. The summed E-state index contributed by atoms with van der Waals surface area (Å²) in [4.78, 5) is 2.93. The molecule has 0 unspecified atom stereocenters. The van der Waals surface area contributed by atoms with Gasteiger partial charge in [-0.05, 0) is 55.2 Å². The third kappa shape index (κ3) is 1.43. The lowest BCUT2D eigenvalue weighted by atomic mass is 9.54. The lowest BCUT2D eigenvalue weighted by Gasteiger charge is -2.62. The van der Waals surface area contributed by atoms with Gasteiger partial charge in [-0.1, -0.05) is 43.5 Å². The second-order valence-corrected chi connectivity index (χ2v) is 7.51. The van der Waals surface area contributed by atoms with Gasteiger partial charge in [-0.2, -0.15) is 0 Å². The topological polar surface area (TPSA) is 3.24 Å². The Hall–Kier alpha value is -0.820. The van der Waals surface area contributed by atoms with Crippen LogP contribution in [0.15, 0.2) is 24.3 Å². The Kier molecular flexibility index (Phi) is 2.56. The molecule has 1 aromatic carbocycles. The molecule has 0 spiro atoms. The minimum absolute atomic E-state index is 0.770. The number of nitrogens with zero attached hydrogens (tertiary/aromatic N) is 1. The summed E-state index contributed by atoms with van der Waals surface area (Å²) < 4.78 is 0. The molecule has 3 aliphatic heterocycles. The summed E-state index contributed by atoms with van der Waals surface area (Å²) >= 11 is 0. The lowest BCUT2D eigenvalue weighted by molar-refractivity contribution is -0.0703. The molecule has 1 aromatic rings. The van der Waals surface area contributed by atoms with Crippen LogP contribution in [0.2, 0.25) is 0 Å². The first-order chi connectivity index (χ1) is 9.95. The van der Waals surface area contributed by atoms with Crippen molar-refractivity contribution in [1.29, 1.82) is 0 Å². The summed E-state index contributed by atoms with van der Waals surface area (Å²) in [5.74, 6) is 2.84. The predicted molar refractivity (Wildman–Crippen MR) is 81.7 cm³/mol. The Morgan fingerprint density at radius 2 is 1.55 bits per heavy atom. The second-order valence-electron chi connectivity index (χ2n) is 7.51. The summed E-state index contributed by atoms with van der Waals surface area (Å²) in [5, 5.41) is 0. The molecule has 1 saturated carbocycles. The third-order valence-electron chi connectivity index (χ3n) is 6.78. The summed E-state index contributed by atoms with van der Waals surface area (Å²) in [5.41, 5.74) is 3.45. The monoisotopic (exact) mass is 267 g/mol. The zero-order valence-corrected chi connectivity index (χ0v) is 12.3. The average molecular weight is 267 g/mol. The quantitative estimate of drug-likeness (QED) is 0.669. The van der Waals surface area contributed by atoms with Gasteiger partial charge in [0.1, 0.15) is 0 Å². The van der Waals surface area contributed by atoms with Gasteiger partial charge in [0.25, 0.3) is 0 Å². The molecule has 2 bridgehead atoms. The zero-order valence-electron chi connectivity index (χ0n) is 12.3. The van der Waals surface area contributed by atoms with Gasteiger partial charge in [-0.25, -0.2) is 0 Å². The van der Waals surface area contributed by atoms with Crippen LogP contribution in [0.5, 0.6) is 0 Å². The van der Waals surface area contributed by atoms with Crippen molar-refractivity contribution in [3.05, 3.63) is 35.4 Å². The Morgan fingerprint density at radius 1 is 0.800 bits per heavy atom. The van der Waals surface area contributed by atoms with Gasteiger partial charge in [0.2, 0.25) is 0 Å². The predicted octanol–water partition coefficient (Wildman–Crippen LogP) is 4.50. The number of rotatable bonds is 0. The van der Waals surface area contributed by atoms with Crippen molar-refractivity contribution in [3.8, 4) is 0 Å². The molecule has 0 radical (unpaired) electrons. The molecule has 0 aromatic heterocycles. The van der Waals surface area contributed by atoms with Crippen molar-refractivity contribution >= 4 is 0 Å². The molecule has 1 heteroatoms. The highest BCUT2D eigenvalue weighted by Crippen LogP contribution is 2.61. The van der Waals surface area contributed by atoms with E-state index in [1.807, 2.05) is 0 Å². The third-order valence-corrected chi connectivity index (χ3v) is 6.78. The van der Waals surface area contributed by atoms with Crippen LogP contribution in [-0.2, 0) is 0 Å². The average Bonchev–Trinajstić information content (AvgIpc) is 2.54. The molecule has 6 rings (SSSR count). The first kappa shape index (κ1) is 11.8. The van der Waals surface area contributed by atoms with E-state index < -0.39 is 0 Å². The fourth-order valence-corrected chi connectivity index (χ4v) is 6.20. The summed E-state index contributed by atoms with van der Waals surface area (Å²) in [6.07, 6.45) is 10.3. The van der Waals surface area contributed by atoms with Crippen LogP contribution in [0.3, 0.4) is 0 Å². The van der Waals surface area contributed by atoms with Gasteiger partial charge in [0, 0.05) is 18.0 Å². The van der Waals surface area contributed by atoms with Gasteiger partial charge in [0.15, 0.2) is 0 Å². The van der Waals surface area contributed by atoms with E-state index in [0.717, 1.165) is 29.8 Å². The van der Waals surface area contributed by atoms with Crippen molar-refractivity contribution in [3.63, 3.8) is 0 Å². The molecule has 3 fully saturated rings. The molecule has 20 heavy (non-hydrogen) atoms. The number of hydrogen-bond acceptors (Lipinski definition) is 1. The number of benzene rings is 1. The van der Waals surface area contributed by atoms with E-state index in [0.29, 0.717) is 0 Å². The zero-order chi connectivity index (χ0) is 13.1. The number of hydrogen-bond donors (Lipinski definition) is 0. The number of piperidine rings is 2. The standard InChI is InChI=1S/C19H25N/c1-3-9-15-13(7-1)18-14-8-2-4-10-16(14)19(15)20-12-6-5-11-17(18)20/h1,3,7,9,14,16-19H,2,4-6,8,10-12H2/t14-,16+,17+,18+,19-/m1/s1. The van der Waals surface area contributed by atoms with Crippen molar-refractivity contribution in [2.45, 2.75) is 62.9 Å². The largest absolute Gasteiger partial charge is 0.292 e. The van der Waals surface area contributed by atoms with E-state index in [1.54, 1.807) is 11.1 Å². The Bertz CT molecular complexity index is 451. The highest BCUT2D eigenvalue weighted by Gasteiger charge is 2.55. The van der Waals surface area contributed by atoms with Crippen LogP contribution in [-0.4, -0.2) is 17.5 Å². The normalized spacial score (nSPS) is 42.7. The molecule has 106 valence electrons. The summed E-state index contributed by atoms with van der Waals surface area (Å²) in [6, 6.07) is 11.1. The molecule has 0 amide bonds. The molecule has 1 nitrogen and oxygen atoms in total. The smallest absolute Gasteiger partial charge is 0.0385 e. The molecular weight excluding hydrogens is 242 g/mol. The molecule has 2 aliphatic carbocycles. The second kappa shape index (κ2) is 4.34. The van der Waals surface area contributed by atoms with Gasteiger partial charge in [-0.3, -0.25) is 4.90 Å².